The van der Waals surface area contributed by atoms with Crippen LogP contribution >= 0.6 is 0 Å². The Morgan fingerprint density at radius 3 is 1.82 bits per heavy atom. The van der Waals surface area contributed by atoms with Gasteiger partial charge >= 0.3 is 0 Å². The van der Waals surface area contributed by atoms with Crippen molar-refractivity contribution in [2.75, 3.05) is 0 Å². The number of hydrogen-bond acceptors (Lipinski definition) is 0. The summed E-state index contributed by atoms with van der Waals surface area (Å²) in [5, 5.41) is 0. The van der Waals surface area contributed by atoms with Crippen LogP contribution < -0.4 is 0 Å². The van der Waals surface area contributed by atoms with E-state index >= 15 is 0 Å². The molecule has 0 spiro atoms. The van der Waals surface area contributed by atoms with Crippen LogP contribution in [0.2, 0.25) is 0 Å². The van der Waals surface area contributed by atoms with Crippen LogP contribution in [0, 0.1) is 0 Å². The molecule has 98 valence electrons. The maximum Gasteiger partial charge on any atom is -0.0348 e. The van der Waals surface area contributed by atoms with Gasteiger partial charge in [0, 0.05) is 0 Å². The lowest BCUT2D eigenvalue weighted by atomic mass is 10.1. The summed E-state index contributed by atoms with van der Waals surface area (Å²) in [6.45, 7) is 5.91. The molecule has 0 rings (SSSR count). The van der Waals surface area contributed by atoms with Crippen molar-refractivity contribution in [3.8, 4) is 0 Å². The van der Waals surface area contributed by atoms with Crippen molar-refractivity contribution in [1.29, 1.82) is 0 Å². The molecule has 0 N–H and O–H groups in total. The van der Waals surface area contributed by atoms with E-state index in [-0.39, 0.29) is 0 Å². The Kier molecular flexibility index (Phi) is 14.5. The molecule has 0 bridgehead atoms. The van der Waals surface area contributed by atoms with E-state index in [1.807, 2.05) is 6.08 Å². The number of allylic oxidation sites excluding steroid dienone is 5. The summed E-state index contributed by atoms with van der Waals surface area (Å²) in [6, 6.07) is 0. The second-order valence-electron chi connectivity index (χ2n) is 4.61. The lowest BCUT2D eigenvalue weighted by molar-refractivity contribution is 0.584. The third-order valence-corrected chi connectivity index (χ3v) is 2.90. The molecule has 0 aliphatic carbocycles. The van der Waals surface area contributed by atoms with E-state index in [1.165, 1.54) is 57.8 Å². The first kappa shape index (κ1) is 16.2. The quantitative estimate of drug-likeness (QED) is 0.214. The van der Waals surface area contributed by atoms with Crippen LogP contribution in [0.25, 0.3) is 0 Å². The highest BCUT2D eigenvalue weighted by Crippen LogP contribution is 2.09. The van der Waals surface area contributed by atoms with Gasteiger partial charge in [-0.15, -0.1) is 6.58 Å². The van der Waals surface area contributed by atoms with Gasteiger partial charge in [-0.1, -0.05) is 69.4 Å². The summed E-state index contributed by atoms with van der Waals surface area (Å²) < 4.78 is 0. The number of rotatable bonds is 12. The van der Waals surface area contributed by atoms with Crippen LogP contribution in [0.15, 0.2) is 37.0 Å². The third-order valence-electron chi connectivity index (χ3n) is 2.90. The van der Waals surface area contributed by atoms with Gasteiger partial charge in [-0.3, -0.25) is 0 Å². The first-order valence-electron chi connectivity index (χ1n) is 7.34. The molecule has 0 aliphatic rings. The van der Waals surface area contributed by atoms with Crippen LogP contribution in [0.5, 0.6) is 0 Å². The molecule has 0 aliphatic heterocycles. The van der Waals surface area contributed by atoms with E-state index in [2.05, 4.69) is 37.8 Å². The van der Waals surface area contributed by atoms with Crippen molar-refractivity contribution < 1.29 is 0 Å². The SMILES string of the molecule is C=CCCCCCCCCCC=CC=CCC. The Bertz CT molecular complexity index is 198. The van der Waals surface area contributed by atoms with Crippen LogP contribution in [0.3, 0.4) is 0 Å². The fourth-order valence-electron chi connectivity index (χ4n) is 1.82. The predicted molar refractivity (Wildman–Crippen MR) is 80.3 cm³/mol. The van der Waals surface area contributed by atoms with E-state index in [0.29, 0.717) is 0 Å². The highest BCUT2D eigenvalue weighted by molar-refractivity contribution is 5.01. The van der Waals surface area contributed by atoms with Crippen molar-refractivity contribution in [3.05, 3.63) is 37.0 Å². The Morgan fingerprint density at radius 1 is 0.706 bits per heavy atom. The topological polar surface area (TPSA) is 0 Å². The minimum Gasteiger partial charge on any atom is -0.103 e. The second kappa shape index (κ2) is 15.2. The number of unbranched alkanes of at least 4 members (excludes halogenated alkanes) is 8. The van der Waals surface area contributed by atoms with Crippen LogP contribution in [-0.2, 0) is 0 Å². The monoisotopic (exact) mass is 234 g/mol. The molecule has 0 heteroatoms. The lowest BCUT2D eigenvalue weighted by Gasteiger charge is -1.99. The standard InChI is InChI=1S/C17H30/c1-3-5-7-9-11-13-15-17-16-14-12-10-8-6-4-2/h3,6,8,10,12H,1,4-5,7,9,11,13-17H2,2H3. The highest BCUT2D eigenvalue weighted by atomic mass is 14.0. The van der Waals surface area contributed by atoms with Crippen molar-refractivity contribution in [2.45, 2.75) is 71.1 Å². The Labute approximate surface area is 109 Å². The molecule has 0 radical (unpaired) electrons. The van der Waals surface area contributed by atoms with Crippen LogP contribution in [0.1, 0.15) is 71.1 Å². The Hall–Kier alpha value is -0.780. The number of hydrogen-bond donors (Lipinski definition) is 0. The van der Waals surface area contributed by atoms with Gasteiger partial charge in [0.1, 0.15) is 0 Å². The molecule has 0 amide bonds. The molecular weight excluding hydrogens is 204 g/mol. The van der Waals surface area contributed by atoms with Crippen LogP contribution in [0.4, 0.5) is 0 Å². The average Bonchev–Trinajstić information content (AvgIpc) is 2.35. The zero-order chi connectivity index (χ0) is 12.6. The van der Waals surface area contributed by atoms with Crippen molar-refractivity contribution in [2.24, 2.45) is 0 Å². The van der Waals surface area contributed by atoms with E-state index in [0.717, 1.165) is 6.42 Å². The second-order valence-corrected chi connectivity index (χ2v) is 4.61. The van der Waals surface area contributed by atoms with Gasteiger partial charge in [-0.05, 0) is 32.1 Å². The molecule has 0 unspecified atom stereocenters. The molecule has 0 saturated carbocycles. The molecule has 0 aromatic carbocycles. The minimum atomic E-state index is 1.14. The van der Waals surface area contributed by atoms with Crippen LogP contribution in [-0.4, -0.2) is 0 Å². The van der Waals surface area contributed by atoms with Gasteiger partial charge in [0.05, 0.1) is 0 Å². The molecule has 0 nitrogen and oxygen atoms in total. The highest BCUT2D eigenvalue weighted by Gasteiger charge is 1.90. The van der Waals surface area contributed by atoms with Gasteiger partial charge in [0.25, 0.3) is 0 Å². The van der Waals surface area contributed by atoms with Crippen molar-refractivity contribution in [3.63, 3.8) is 0 Å². The van der Waals surface area contributed by atoms with Gasteiger partial charge in [0.2, 0.25) is 0 Å². The van der Waals surface area contributed by atoms with E-state index in [1.54, 1.807) is 0 Å². The Morgan fingerprint density at radius 2 is 1.24 bits per heavy atom. The summed E-state index contributed by atoms with van der Waals surface area (Å²) in [5.74, 6) is 0. The lowest BCUT2D eigenvalue weighted by Crippen LogP contribution is -1.80. The molecule has 0 fully saturated rings. The van der Waals surface area contributed by atoms with Gasteiger partial charge in [0.15, 0.2) is 0 Å². The van der Waals surface area contributed by atoms with Gasteiger partial charge in [-0.25, -0.2) is 0 Å². The summed E-state index contributed by atoms with van der Waals surface area (Å²) in [7, 11) is 0. The van der Waals surface area contributed by atoms with E-state index < -0.39 is 0 Å². The molecule has 0 saturated heterocycles. The van der Waals surface area contributed by atoms with Crippen molar-refractivity contribution in [1.82, 2.24) is 0 Å². The minimum absolute atomic E-state index is 1.14. The van der Waals surface area contributed by atoms with Gasteiger partial charge < -0.3 is 0 Å². The molecular formula is C17H30. The molecule has 0 atom stereocenters. The first-order valence-corrected chi connectivity index (χ1v) is 7.34. The zero-order valence-electron chi connectivity index (χ0n) is 11.7. The molecule has 17 heavy (non-hydrogen) atoms. The fourth-order valence-corrected chi connectivity index (χ4v) is 1.82. The average molecular weight is 234 g/mol. The van der Waals surface area contributed by atoms with Gasteiger partial charge in [-0.2, -0.15) is 0 Å². The van der Waals surface area contributed by atoms with E-state index in [9.17, 15) is 0 Å². The third kappa shape index (κ3) is 15.2. The summed E-state index contributed by atoms with van der Waals surface area (Å²) >= 11 is 0. The molecule has 0 aromatic heterocycles. The first-order chi connectivity index (χ1) is 8.41. The largest absolute Gasteiger partial charge is 0.103 e. The van der Waals surface area contributed by atoms with Crippen molar-refractivity contribution >= 4 is 0 Å². The predicted octanol–water partition coefficient (Wildman–Crippen LogP) is 6.21. The van der Waals surface area contributed by atoms with E-state index in [4.69, 9.17) is 0 Å². The summed E-state index contributed by atoms with van der Waals surface area (Å²) in [5.41, 5.74) is 0. The zero-order valence-corrected chi connectivity index (χ0v) is 11.7. The smallest absolute Gasteiger partial charge is 0.0348 e. The molecule has 0 heterocycles. The normalized spacial score (nSPS) is 11.6. The summed E-state index contributed by atoms with van der Waals surface area (Å²) in [4.78, 5) is 0. The maximum atomic E-state index is 3.74. The fraction of sp³-hybridized carbons (Fsp3) is 0.647. The Balaban J connectivity index is 3.05. The molecule has 0 aromatic rings. The maximum absolute atomic E-state index is 3.74. The summed E-state index contributed by atoms with van der Waals surface area (Å²) in [6.07, 6.45) is 24.1.